The predicted octanol–water partition coefficient (Wildman–Crippen LogP) is 10.0. The fourth-order valence-corrected chi connectivity index (χ4v) is 9.56. The van der Waals surface area contributed by atoms with Crippen molar-refractivity contribution in [3.8, 4) is 5.75 Å². The number of hydrogen-bond acceptors (Lipinski definition) is 7. The number of nitrogens with zero attached hydrogens (tertiary/aromatic N) is 1. The summed E-state index contributed by atoms with van der Waals surface area (Å²) in [4.78, 5) is 32.6. The number of allylic oxidation sites excluding steroid dienone is 4. The van der Waals surface area contributed by atoms with Crippen molar-refractivity contribution in [2.45, 2.75) is 111 Å². The molecule has 1 saturated carbocycles. The first-order chi connectivity index (χ1) is 29.2. The zero-order valence-corrected chi connectivity index (χ0v) is 38.0. The lowest BCUT2D eigenvalue weighted by Gasteiger charge is -2.56. The quantitative estimate of drug-likeness (QED) is 0.105. The number of hydrogen-bond donors (Lipinski definition) is 5. The molecule has 3 aromatic rings. The molecule has 0 aromatic heterocycles. The molecule has 3 aliphatic carbocycles. The van der Waals surface area contributed by atoms with E-state index in [1.54, 1.807) is 0 Å². The van der Waals surface area contributed by atoms with Crippen LogP contribution in [0.15, 0.2) is 108 Å². The van der Waals surface area contributed by atoms with Crippen molar-refractivity contribution in [2.24, 2.45) is 22.7 Å². The summed E-state index contributed by atoms with van der Waals surface area (Å²) >= 11 is 0. The molecule has 3 aromatic carbocycles. The summed E-state index contributed by atoms with van der Waals surface area (Å²) in [6.07, 6.45) is 10.4. The number of aliphatic hydroxyl groups is 2. The SMILES string of the molecule is CC/C(=C(\c1ccccc1)c1ccc(OCCN(C)C)cc1)c1ccccc1.CC1=CCC[C@@]2(C)CC[C@H]3[C@H](C)CC[C@@](O)(C=C12)C3(C)C.O=C(O)CC(O)(CC(=O)O)C(=O)O. The summed E-state index contributed by atoms with van der Waals surface area (Å²) in [6, 6.07) is 29.8. The number of carboxylic acids is 3. The van der Waals surface area contributed by atoms with Gasteiger partial charge < -0.3 is 35.2 Å². The van der Waals surface area contributed by atoms with Gasteiger partial charge in [0.1, 0.15) is 12.4 Å². The number of benzene rings is 3. The molecule has 2 bridgehead atoms. The molecule has 336 valence electrons. The van der Waals surface area contributed by atoms with Gasteiger partial charge in [-0.05, 0) is 135 Å². The minimum atomic E-state index is -2.74. The second kappa shape index (κ2) is 21.4. The third kappa shape index (κ3) is 12.3. The van der Waals surface area contributed by atoms with E-state index >= 15 is 0 Å². The van der Waals surface area contributed by atoms with E-state index in [4.69, 9.17) is 25.2 Å². The second-order valence-corrected chi connectivity index (χ2v) is 18.4. The van der Waals surface area contributed by atoms with Crippen LogP contribution in [0.25, 0.3) is 11.1 Å². The molecule has 3 aliphatic rings. The maximum absolute atomic E-state index is 11.5. The smallest absolute Gasteiger partial charge is 0.336 e. The number of rotatable bonds is 13. The van der Waals surface area contributed by atoms with Gasteiger partial charge in [0, 0.05) is 12.0 Å². The van der Waals surface area contributed by atoms with Gasteiger partial charge in [0.15, 0.2) is 5.60 Å². The monoisotopic (exact) mass is 851 g/mol. The van der Waals surface area contributed by atoms with Gasteiger partial charge in [-0.1, -0.05) is 119 Å². The molecule has 10 heteroatoms. The molecular weight excluding hydrogens is 783 g/mol. The summed E-state index contributed by atoms with van der Waals surface area (Å²) in [6.45, 7) is 15.5. The third-order valence-corrected chi connectivity index (χ3v) is 13.4. The van der Waals surface area contributed by atoms with E-state index in [2.05, 4.69) is 158 Å². The Bertz CT molecular complexity index is 2050. The first-order valence-electron chi connectivity index (χ1n) is 21.9. The van der Waals surface area contributed by atoms with Crippen LogP contribution in [0.1, 0.15) is 116 Å². The first kappa shape index (κ1) is 49.6. The average molecular weight is 852 g/mol. The number of likely N-dealkylation sites (N-methyl/N-ethyl adjacent to an activating group) is 1. The fraction of sp³-hybridized carbons (Fsp3) is 0.481. The number of aliphatic carboxylic acids is 3. The highest BCUT2D eigenvalue weighted by Gasteiger charge is 2.54. The van der Waals surface area contributed by atoms with Crippen LogP contribution in [-0.4, -0.2) is 86.8 Å². The van der Waals surface area contributed by atoms with Gasteiger partial charge >= 0.3 is 17.9 Å². The van der Waals surface area contributed by atoms with Gasteiger partial charge in [-0.25, -0.2) is 4.79 Å². The molecule has 0 amide bonds. The minimum Gasteiger partial charge on any atom is -0.492 e. The standard InChI is InChI=1S/C26H29NO.C20H32O.C6H8O7/c1-4-25(21-11-7-5-8-12-21)26(22-13-9-6-10-14-22)23-15-17-24(18-16-23)28-20-19-27(2)3;1-14-7-6-10-19(5)11-9-16-15(2)8-12-20(21,13-17(14)19)18(16,3)4;7-3(8)1-6(13,5(11)12)2-4(9)10/h5-18H,4,19-20H2,1-3H3;7,13,15-16,21H,6,8-12H2,1-5H3;13H,1-2H2,(H,7,8)(H,9,10)(H,11,12)/b26-25-;;/t;15-,16+,19+,20-;/m.1./s1. The van der Waals surface area contributed by atoms with Crippen molar-refractivity contribution < 1.29 is 44.7 Å². The minimum absolute atomic E-state index is 0.0171. The van der Waals surface area contributed by atoms with E-state index in [-0.39, 0.29) is 10.8 Å². The van der Waals surface area contributed by atoms with E-state index in [0.29, 0.717) is 12.5 Å². The Labute approximate surface area is 368 Å². The van der Waals surface area contributed by atoms with E-state index in [9.17, 15) is 19.5 Å². The van der Waals surface area contributed by atoms with E-state index < -0.39 is 42.0 Å². The number of fused-ring (bicyclic) bond motifs is 3. The highest BCUT2D eigenvalue weighted by Crippen LogP contribution is 2.58. The van der Waals surface area contributed by atoms with Crippen molar-refractivity contribution in [1.29, 1.82) is 0 Å². The summed E-state index contributed by atoms with van der Waals surface area (Å²) in [5, 5.41) is 45.3. The summed E-state index contributed by atoms with van der Waals surface area (Å²) in [5.41, 5.74) is 6.11. The highest BCUT2D eigenvalue weighted by molar-refractivity contribution is 5.98. The molecule has 0 unspecified atom stereocenters. The Kier molecular flexibility index (Phi) is 17.1. The summed E-state index contributed by atoms with van der Waals surface area (Å²) < 4.78 is 5.87. The molecule has 10 nitrogen and oxygen atoms in total. The lowest BCUT2D eigenvalue weighted by Crippen LogP contribution is -2.55. The van der Waals surface area contributed by atoms with Gasteiger partial charge in [0.2, 0.25) is 0 Å². The first-order valence-corrected chi connectivity index (χ1v) is 21.9. The number of carbonyl (C=O) groups is 3. The lowest BCUT2D eigenvalue weighted by atomic mass is 9.51. The van der Waals surface area contributed by atoms with E-state index in [0.717, 1.165) is 37.5 Å². The van der Waals surface area contributed by atoms with Crippen LogP contribution < -0.4 is 4.74 Å². The van der Waals surface area contributed by atoms with Crippen molar-refractivity contribution >= 4 is 29.1 Å². The highest BCUT2D eigenvalue weighted by atomic mass is 16.5. The van der Waals surface area contributed by atoms with Crippen molar-refractivity contribution in [2.75, 3.05) is 27.2 Å². The van der Waals surface area contributed by atoms with Crippen molar-refractivity contribution in [1.82, 2.24) is 4.90 Å². The largest absolute Gasteiger partial charge is 0.492 e. The maximum atomic E-state index is 11.5. The van der Waals surface area contributed by atoms with E-state index in [1.807, 2.05) is 0 Å². The molecule has 6 rings (SSSR count). The predicted molar refractivity (Wildman–Crippen MR) is 246 cm³/mol. The Morgan fingerprint density at radius 1 is 0.790 bits per heavy atom. The van der Waals surface area contributed by atoms with E-state index in [1.165, 1.54) is 64.7 Å². The maximum Gasteiger partial charge on any atom is 0.336 e. The molecule has 4 atom stereocenters. The fourth-order valence-electron chi connectivity index (χ4n) is 9.56. The van der Waals surface area contributed by atoms with Gasteiger partial charge in [0.25, 0.3) is 0 Å². The van der Waals surface area contributed by atoms with Crippen LogP contribution in [-0.2, 0) is 14.4 Å². The van der Waals surface area contributed by atoms with Crippen LogP contribution in [0, 0.1) is 22.7 Å². The molecule has 5 N–H and O–H groups in total. The van der Waals surface area contributed by atoms with Gasteiger partial charge in [0.05, 0.1) is 18.4 Å². The zero-order valence-electron chi connectivity index (χ0n) is 38.0. The average Bonchev–Trinajstić information content (AvgIpc) is 3.20. The molecular formula is C52H69NO9. The molecule has 0 saturated heterocycles. The lowest BCUT2D eigenvalue weighted by molar-refractivity contribution is -0.170. The number of ether oxygens (including phenoxy) is 1. The molecule has 0 aliphatic heterocycles. The van der Waals surface area contributed by atoms with Crippen molar-refractivity contribution in [3.63, 3.8) is 0 Å². The van der Waals surface area contributed by atoms with Crippen LogP contribution in [0.3, 0.4) is 0 Å². The second-order valence-electron chi connectivity index (χ2n) is 18.4. The van der Waals surface area contributed by atoms with Crippen LogP contribution in [0.4, 0.5) is 0 Å². The molecule has 0 heterocycles. The molecule has 0 spiro atoms. The third-order valence-electron chi connectivity index (χ3n) is 13.4. The summed E-state index contributed by atoms with van der Waals surface area (Å²) in [7, 11) is 4.11. The Morgan fingerprint density at radius 3 is 1.85 bits per heavy atom. The van der Waals surface area contributed by atoms with Crippen LogP contribution >= 0.6 is 0 Å². The Morgan fingerprint density at radius 2 is 1.34 bits per heavy atom. The van der Waals surface area contributed by atoms with Gasteiger partial charge in [-0.3, -0.25) is 9.59 Å². The topological polar surface area (TPSA) is 165 Å². The van der Waals surface area contributed by atoms with Crippen LogP contribution in [0.5, 0.6) is 5.75 Å². The normalized spacial score (nSPS) is 23.2. The molecule has 1 fully saturated rings. The number of carboxylic acid groups (broad SMARTS) is 3. The Balaban J connectivity index is 0.000000219. The summed E-state index contributed by atoms with van der Waals surface area (Å²) in [5.74, 6) is -2.73. The molecule has 62 heavy (non-hydrogen) atoms. The zero-order chi connectivity index (χ0) is 45.9. The van der Waals surface area contributed by atoms with Gasteiger partial charge in [-0.2, -0.15) is 0 Å². The Hall–Kier alpha value is -5.03. The van der Waals surface area contributed by atoms with Crippen LogP contribution in [0.2, 0.25) is 0 Å². The van der Waals surface area contributed by atoms with Gasteiger partial charge in [-0.15, -0.1) is 0 Å². The van der Waals surface area contributed by atoms with Crippen molar-refractivity contribution in [3.05, 3.63) is 125 Å². The molecule has 0 radical (unpaired) electrons.